The predicted molar refractivity (Wildman–Crippen MR) is 118 cm³/mol. The average Bonchev–Trinajstić information content (AvgIpc) is 3.44. The fraction of sp³-hybridized carbons (Fsp3) is 0.227. The number of aryl methyl sites for hydroxylation is 1. The number of halogens is 1. The van der Waals surface area contributed by atoms with Gasteiger partial charge in [0.05, 0.1) is 23.6 Å². The Bertz CT molecular complexity index is 1190. The molecule has 154 valence electrons. The lowest BCUT2D eigenvalue weighted by Crippen LogP contribution is -2.08. The van der Waals surface area contributed by atoms with Gasteiger partial charge in [0.15, 0.2) is 16.8 Å². The summed E-state index contributed by atoms with van der Waals surface area (Å²) in [4.78, 5) is 12.9. The molecule has 0 fully saturated rings. The lowest BCUT2D eigenvalue weighted by atomic mass is 10.2. The topological polar surface area (TPSA) is 65.8 Å². The van der Waals surface area contributed by atoms with Crippen molar-refractivity contribution in [3.05, 3.63) is 76.5 Å². The predicted octanol–water partition coefficient (Wildman–Crippen LogP) is 5.17. The van der Waals surface area contributed by atoms with E-state index < -0.39 is 0 Å². The Morgan fingerprint density at radius 1 is 1.17 bits per heavy atom. The molecule has 0 unspecified atom stereocenters. The number of carbonyl (C=O) groups excluding carboxylic acids is 1. The molecule has 4 aromatic rings. The van der Waals surface area contributed by atoms with Gasteiger partial charge in [-0.1, -0.05) is 35.5 Å². The minimum atomic E-state index is 0.0566. The molecule has 0 N–H and O–H groups in total. The van der Waals surface area contributed by atoms with E-state index in [-0.39, 0.29) is 11.5 Å². The van der Waals surface area contributed by atoms with E-state index in [0.717, 1.165) is 28.3 Å². The Kier molecular flexibility index (Phi) is 5.83. The standard InChI is InChI=1S/C22H21ClN4O2S/c1-14-11-18(15(2)27(14)12-16-7-6-10-29-16)20(28)13-30-22-25-24-21(26(22)3)17-8-4-5-9-19(17)23/h4-11H,12-13H2,1-3H3. The van der Waals surface area contributed by atoms with Gasteiger partial charge in [0.1, 0.15) is 5.76 Å². The maximum Gasteiger partial charge on any atom is 0.191 e. The van der Waals surface area contributed by atoms with Crippen LogP contribution < -0.4 is 0 Å². The molecular formula is C22H21ClN4O2S. The van der Waals surface area contributed by atoms with Crippen molar-refractivity contribution < 1.29 is 9.21 Å². The van der Waals surface area contributed by atoms with Gasteiger partial charge in [0, 0.05) is 29.6 Å². The van der Waals surface area contributed by atoms with E-state index >= 15 is 0 Å². The lowest BCUT2D eigenvalue weighted by Gasteiger charge is -2.08. The summed E-state index contributed by atoms with van der Waals surface area (Å²) in [6.45, 7) is 4.57. The maximum atomic E-state index is 12.9. The monoisotopic (exact) mass is 440 g/mol. The molecule has 3 heterocycles. The highest BCUT2D eigenvalue weighted by Gasteiger charge is 2.19. The van der Waals surface area contributed by atoms with Gasteiger partial charge in [0.2, 0.25) is 0 Å². The minimum Gasteiger partial charge on any atom is -0.467 e. The molecule has 0 aliphatic rings. The third-order valence-electron chi connectivity index (χ3n) is 5.05. The van der Waals surface area contributed by atoms with Gasteiger partial charge in [-0.2, -0.15) is 0 Å². The summed E-state index contributed by atoms with van der Waals surface area (Å²) in [5, 5.41) is 9.78. The second-order valence-electron chi connectivity index (χ2n) is 7.01. The second-order valence-corrected chi connectivity index (χ2v) is 8.36. The molecule has 0 saturated heterocycles. The van der Waals surface area contributed by atoms with E-state index in [1.807, 2.05) is 67.9 Å². The van der Waals surface area contributed by atoms with E-state index in [0.29, 0.717) is 22.5 Å². The molecule has 0 aliphatic carbocycles. The summed E-state index contributed by atoms with van der Waals surface area (Å²) < 4.78 is 9.40. The van der Waals surface area contributed by atoms with Crippen molar-refractivity contribution in [2.75, 3.05) is 5.75 Å². The van der Waals surface area contributed by atoms with Crippen LogP contribution >= 0.6 is 23.4 Å². The molecule has 30 heavy (non-hydrogen) atoms. The van der Waals surface area contributed by atoms with E-state index in [4.69, 9.17) is 16.0 Å². The summed E-state index contributed by atoms with van der Waals surface area (Å²) in [5.74, 6) is 1.86. The van der Waals surface area contributed by atoms with Gasteiger partial charge in [0.25, 0.3) is 0 Å². The molecule has 0 atom stereocenters. The smallest absolute Gasteiger partial charge is 0.191 e. The largest absolute Gasteiger partial charge is 0.467 e. The van der Waals surface area contributed by atoms with Crippen LogP contribution in [0.1, 0.15) is 27.5 Å². The van der Waals surface area contributed by atoms with Crippen LogP contribution in [0, 0.1) is 13.8 Å². The molecule has 4 rings (SSSR count). The molecule has 0 bridgehead atoms. The first-order valence-corrected chi connectivity index (χ1v) is 10.8. The summed E-state index contributed by atoms with van der Waals surface area (Å²) in [5.41, 5.74) is 3.50. The molecule has 8 heteroatoms. The van der Waals surface area contributed by atoms with Crippen molar-refractivity contribution in [1.29, 1.82) is 0 Å². The highest BCUT2D eigenvalue weighted by atomic mass is 35.5. The number of furan rings is 1. The van der Waals surface area contributed by atoms with Crippen LogP contribution in [0.4, 0.5) is 0 Å². The van der Waals surface area contributed by atoms with Crippen LogP contribution in [-0.2, 0) is 13.6 Å². The Balaban J connectivity index is 1.49. The van der Waals surface area contributed by atoms with E-state index in [9.17, 15) is 4.79 Å². The molecular weight excluding hydrogens is 420 g/mol. The van der Waals surface area contributed by atoms with E-state index in [1.54, 1.807) is 6.26 Å². The van der Waals surface area contributed by atoms with Gasteiger partial charge in [-0.25, -0.2) is 0 Å². The Morgan fingerprint density at radius 2 is 1.97 bits per heavy atom. The second kappa shape index (κ2) is 8.53. The molecule has 3 aromatic heterocycles. The SMILES string of the molecule is Cc1cc(C(=O)CSc2nnc(-c3ccccc3Cl)n2C)c(C)n1Cc1ccco1. The molecule has 1 aromatic carbocycles. The van der Waals surface area contributed by atoms with Gasteiger partial charge >= 0.3 is 0 Å². The highest BCUT2D eigenvalue weighted by Crippen LogP contribution is 2.29. The van der Waals surface area contributed by atoms with Gasteiger partial charge in [-0.05, 0) is 44.2 Å². The first kappa shape index (κ1) is 20.5. The Hall–Kier alpha value is -2.77. The number of carbonyl (C=O) groups is 1. The van der Waals surface area contributed by atoms with E-state index in [2.05, 4.69) is 14.8 Å². The Morgan fingerprint density at radius 3 is 2.70 bits per heavy atom. The zero-order chi connectivity index (χ0) is 21.3. The summed E-state index contributed by atoms with van der Waals surface area (Å²) in [7, 11) is 1.88. The van der Waals surface area contributed by atoms with Crippen molar-refractivity contribution in [3.8, 4) is 11.4 Å². The zero-order valence-electron chi connectivity index (χ0n) is 16.9. The molecule has 0 radical (unpaired) electrons. The zero-order valence-corrected chi connectivity index (χ0v) is 18.5. The number of Topliss-reactive ketones (excluding diaryl/α,β-unsaturated/α-hetero) is 1. The molecule has 0 amide bonds. The van der Waals surface area contributed by atoms with E-state index in [1.165, 1.54) is 11.8 Å². The summed E-state index contributed by atoms with van der Waals surface area (Å²) >= 11 is 7.65. The summed E-state index contributed by atoms with van der Waals surface area (Å²) in [6.07, 6.45) is 1.66. The fourth-order valence-corrected chi connectivity index (χ4v) is 4.43. The molecule has 6 nitrogen and oxygen atoms in total. The Labute approximate surface area is 183 Å². The molecule has 0 saturated carbocycles. The quantitative estimate of drug-likeness (QED) is 0.293. The van der Waals surface area contributed by atoms with Crippen molar-refractivity contribution in [2.24, 2.45) is 7.05 Å². The number of benzene rings is 1. The van der Waals surface area contributed by atoms with Gasteiger partial charge in [-0.15, -0.1) is 10.2 Å². The number of nitrogens with zero attached hydrogens (tertiary/aromatic N) is 4. The van der Waals surface area contributed by atoms with Gasteiger partial charge in [-0.3, -0.25) is 4.79 Å². The summed E-state index contributed by atoms with van der Waals surface area (Å²) in [6, 6.07) is 13.2. The number of rotatable bonds is 7. The van der Waals surface area contributed by atoms with Crippen molar-refractivity contribution in [3.63, 3.8) is 0 Å². The first-order chi connectivity index (χ1) is 14.5. The molecule has 0 spiro atoms. The van der Waals surface area contributed by atoms with Crippen LogP contribution in [0.2, 0.25) is 5.02 Å². The van der Waals surface area contributed by atoms with Gasteiger partial charge < -0.3 is 13.6 Å². The minimum absolute atomic E-state index is 0.0566. The fourth-order valence-electron chi connectivity index (χ4n) is 3.41. The number of hydrogen-bond donors (Lipinski definition) is 0. The van der Waals surface area contributed by atoms with Crippen LogP contribution in [-0.4, -0.2) is 30.9 Å². The highest BCUT2D eigenvalue weighted by molar-refractivity contribution is 7.99. The molecule has 0 aliphatic heterocycles. The number of ketones is 1. The number of thioether (sulfide) groups is 1. The number of aromatic nitrogens is 4. The van der Waals surface area contributed by atoms with Crippen LogP contribution in [0.15, 0.2) is 58.3 Å². The average molecular weight is 441 g/mol. The lowest BCUT2D eigenvalue weighted by molar-refractivity contribution is 0.102. The first-order valence-electron chi connectivity index (χ1n) is 9.45. The van der Waals surface area contributed by atoms with Crippen LogP contribution in [0.25, 0.3) is 11.4 Å². The van der Waals surface area contributed by atoms with Crippen molar-refractivity contribution in [2.45, 2.75) is 25.5 Å². The van der Waals surface area contributed by atoms with Crippen LogP contribution in [0.5, 0.6) is 0 Å². The maximum absolute atomic E-state index is 12.9. The third kappa shape index (κ3) is 3.95. The normalized spacial score (nSPS) is 11.2. The van der Waals surface area contributed by atoms with Crippen LogP contribution in [0.3, 0.4) is 0 Å². The van der Waals surface area contributed by atoms with Crippen molar-refractivity contribution in [1.82, 2.24) is 19.3 Å². The number of hydrogen-bond acceptors (Lipinski definition) is 5. The van der Waals surface area contributed by atoms with Crippen molar-refractivity contribution >= 4 is 29.1 Å². The third-order valence-corrected chi connectivity index (χ3v) is 6.40.